The summed E-state index contributed by atoms with van der Waals surface area (Å²) in [6.45, 7) is 3.73. The average Bonchev–Trinajstić information content (AvgIpc) is 2.15. The molecule has 0 bridgehead atoms. The summed E-state index contributed by atoms with van der Waals surface area (Å²) in [5, 5.41) is 3.82. The smallest absolute Gasteiger partial charge is 0.124 e. The summed E-state index contributed by atoms with van der Waals surface area (Å²) in [6, 6.07) is 4.86. The van der Waals surface area contributed by atoms with Crippen LogP contribution in [-0.2, 0) is 6.54 Å². The normalized spacial score (nSPS) is 13.1. The van der Waals surface area contributed by atoms with Crippen LogP contribution in [0, 0.1) is 5.82 Å². The van der Waals surface area contributed by atoms with Gasteiger partial charge in [0.1, 0.15) is 5.82 Å². The van der Waals surface area contributed by atoms with Crippen molar-refractivity contribution in [2.24, 2.45) is 0 Å². The first-order valence-corrected chi connectivity index (χ1v) is 5.69. The molecule has 1 unspecified atom stereocenters. The molecule has 0 saturated heterocycles. The van der Waals surface area contributed by atoms with Crippen molar-refractivity contribution < 1.29 is 4.39 Å². The van der Waals surface area contributed by atoms with E-state index < -0.39 is 0 Å². The Morgan fingerprint density at radius 2 is 2.12 bits per heavy atom. The predicted molar refractivity (Wildman–Crippen MR) is 66.3 cm³/mol. The Bertz CT molecular complexity index is 342. The Kier molecular flexibility index (Phi) is 5.19. The minimum Gasteiger partial charge on any atom is -0.309 e. The second-order valence-corrected chi connectivity index (χ2v) is 4.69. The molecule has 90 valence electrons. The van der Waals surface area contributed by atoms with E-state index in [1.54, 1.807) is 6.07 Å². The number of rotatable bonds is 5. The maximum absolute atomic E-state index is 12.8. The second-order valence-electron chi connectivity index (χ2n) is 4.28. The lowest BCUT2D eigenvalue weighted by Gasteiger charge is -2.18. The number of nitrogens with one attached hydrogen (secondary N) is 1. The third-order valence-electron chi connectivity index (χ3n) is 2.30. The van der Waals surface area contributed by atoms with Crippen LogP contribution in [0.2, 0.25) is 5.02 Å². The van der Waals surface area contributed by atoms with E-state index in [4.69, 9.17) is 11.6 Å². The number of benzene rings is 1. The molecule has 16 heavy (non-hydrogen) atoms. The van der Waals surface area contributed by atoms with Gasteiger partial charge in [-0.15, -0.1) is 0 Å². The zero-order valence-corrected chi connectivity index (χ0v) is 10.7. The summed E-state index contributed by atoms with van der Waals surface area (Å²) in [4.78, 5) is 2.12. The molecule has 1 atom stereocenters. The number of hydrogen-bond donors (Lipinski definition) is 1. The van der Waals surface area contributed by atoms with Crippen molar-refractivity contribution in [3.8, 4) is 0 Å². The van der Waals surface area contributed by atoms with Gasteiger partial charge in [0.2, 0.25) is 0 Å². The van der Waals surface area contributed by atoms with Crippen molar-refractivity contribution in [1.29, 1.82) is 0 Å². The highest BCUT2D eigenvalue weighted by molar-refractivity contribution is 6.31. The molecule has 0 aliphatic rings. The molecule has 0 aromatic heterocycles. The lowest BCUT2D eigenvalue weighted by Crippen LogP contribution is -2.35. The lowest BCUT2D eigenvalue weighted by atomic mass is 10.2. The van der Waals surface area contributed by atoms with Gasteiger partial charge in [-0.3, -0.25) is 0 Å². The van der Waals surface area contributed by atoms with Crippen LogP contribution in [0.25, 0.3) is 0 Å². The van der Waals surface area contributed by atoms with E-state index in [2.05, 4.69) is 17.1 Å². The molecule has 0 aliphatic carbocycles. The lowest BCUT2D eigenvalue weighted by molar-refractivity contribution is 0.349. The Morgan fingerprint density at radius 3 is 2.69 bits per heavy atom. The van der Waals surface area contributed by atoms with Crippen molar-refractivity contribution in [3.63, 3.8) is 0 Å². The molecule has 0 radical (unpaired) electrons. The first kappa shape index (κ1) is 13.4. The molecule has 1 aromatic rings. The van der Waals surface area contributed by atoms with Crippen molar-refractivity contribution in [2.45, 2.75) is 19.5 Å². The Labute approximate surface area is 101 Å². The monoisotopic (exact) mass is 244 g/mol. The maximum atomic E-state index is 12.8. The van der Waals surface area contributed by atoms with E-state index in [1.165, 1.54) is 12.1 Å². The van der Waals surface area contributed by atoms with Crippen LogP contribution in [0.1, 0.15) is 12.5 Å². The molecule has 4 heteroatoms. The third kappa shape index (κ3) is 4.47. The molecule has 0 aliphatic heterocycles. The third-order valence-corrected chi connectivity index (χ3v) is 2.65. The van der Waals surface area contributed by atoms with Gasteiger partial charge in [-0.05, 0) is 38.7 Å². The van der Waals surface area contributed by atoms with Gasteiger partial charge >= 0.3 is 0 Å². The highest BCUT2D eigenvalue weighted by atomic mass is 35.5. The van der Waals surface area contributed by atoms with Gasteiger partial charge in [-0.1, -0.05) is 17.7 Å². The van der Waals surface area contributed by atoms with Crippen LogP contribution in [0.5, 0.6) is 0 Å². The van der Waals surface area contributed by atoms with Gasteiger partial charge < -0.3 is 10.2 Å². The van der Waals surface area contributed by atoms with Gasteiger partial charge in [-0.2, -0.15) is 0 Å². The van der Waals surface area contributed by atoms with Gasteiger partial charge in [0.05, 0.1) is 0 Å². The quantitative estimate of drug-likeness (QED) is 0.856. The molecule has 0 heterocycles. The molecule has 1 aromatic carbocycles. The summed E-state index contributed by atoms with van der Waals surface area (Å²) in [5.41, 5.74) is 0.925. The molecule has 0 spiro atoms. The van der Waals surface area contributed by atoms with Crippen molar-refractivity contribution in [3.05, 3.63) is 34.6 Å². The Hall–Kier alpha value is -0.640. The average molecular weight is 245 g/mol. The first-order valence-electron chi connectivity index (χ1n) is 5.31. The summed E-state index contributed by atoms with van der Waals surface area (Å²) >= 11 is 5.93. The molecular formula is C12H18ClFN2. The molecular weight excluding hydrogens is 227 g/mol. The zero-order chi connectivity index (χ0) is 12.1. The number of hydrogen-bond acceptors (Lipinski definition) is 2. The zero-order valence-electron chi connectivity index (χ0n) is 9.93. The standard InChI is InChI=1S/C12H18ClFN2/c1-9(8-16(2)3)15-7-10-4-5-11(14)6-12(10)13/h4-6,9,15H,7-8H2,1-3H3. The SMILES string of the molecule is CC(CN(C)C)NCc1ccc(F)cc1Cl. The van der Waals surface area contributed by atoms with Crippen LogP contribution in [0.15, 0.2) is 18.2 Å². The van der Waals surface area contributed by atoms with Gasteiger partial charge in [0, 0.05) is 24.2 Å². The summed E-state index contributed by atoms with van der Waals surface area (Å²) in [7, 11) is 4.06. The topological polar surface area (TPSA) is 15.3 Å². The van der Waals surface area contributed by atoms with Crippen LogP contribution in [-0.4, -0.2) is 31.6 Å². The fourth-order valence-corrected chi connectivity index (χ4v) is 1.80. The van der Waals surface area contributed by atoms with Crippen molar-refractivity contribution in [1.82, 2.24) is 10.2 Å². The Morgan fingerprint density at radius 1 is 1.44 bits per heavy atom. The largest absolute Gasteiger partial charge is 0.309 e. The summed E-state index contributed by atoms with van der Waals surface area (Å²) in [6.07, 6.45) is 0. The molecule has 0 fully saturated rings. The fourth-order valence-electron chi connectivity index (χ4n) is 1.56. The minimum absolute atomic E-state index is 0.296. The molecule has 2 nitrogen and oxygen atoms in total. The first-order chi connectivity index (χ1) is 7.49. The maximum Gasteiger partial charge on any atom is 0.124 e. The van der Waals surface area contributed by atoms with E-state index in [0.29, 0.717) is 17.6 Å². The Balaban J connectivity index is 2.48. The summed E-state index contributed by atoms with van der Waals surface area (Å²) < 4.78 is 12.8. The van der Waals surface area contributed by atoms with Crippen LogP contribution >= 0.6 is 11.6 Å². The molecule has 1 rings (SSSR count). The van der Waals surface area contributed by atoms with E-state index >= 15 is 0 Å². The second kappa shape index (κ2) is 6.18. The number of halogens is 2. The van der Waals surface area contributed by atoms with E-state index in [0.717, 1.165) is 12.1 Å². The van der Waals surface area contributed by atoms with Crippen LogP contribution < -0.4 is 5.32 Å². The van der Waals surface area contributed by atoms with Crippen LogP contribution in [0.3, 0.4) is 0 Å². The van der Waals surface area contributed by atoms with Crippen molar-refractivity contribution in [2.75, 3.05) is 20.6 Å². The van der Waals surface area contributed by atoms with E-state index in [1.807, 2.05) is 14.1 Å². The van der Waals surface area contributed by atoms with Crippen molar-refractivity contribution >= 4 is 11.6 Å². The van der Waals surface area contributed by atoms with E-state index in [-0.39, 0.29) is 5.82 Å². The minimum atomic E-state index is -0.296. The number of nitrogens with zero attached hydrogens (tertiary/aromatic N) is 1. The fraction of sp³-hybridized carbons (Fsp3) is 0.500. The highest BCUT2D eigenvalue weighted by Crippen LogP contribution is 2.16. The summed E-state index contributed by atoms with van der Waals surface area (Å²) in [5.74, 6) is -0.296. The van der Waals surface area contributed by atoms with Gasteiger partial charge in [0.15, 0.2) is 0 Å². The number of likely N-dealkylation sites (N-methyl/N-ethyl adjacent to an activating group) is 1. The molecule has 0 amide bonds. The predicted octanol–water partition coefficient (Wildman–Crippen LogP) is 2.52. The molecule has 1 N–H and O–H groups in total. The van der Waals surface area contributed by atoms with Gasteiger partial charge in [0.25, 0.3) is 0 Å². The highest BCUT2D eigenvalue weighted by Gasteiger charge is 2.05. The van der Waals surface area contributed by atoms with Gasteiger partial charge in [-0.25, -0.2) is 4.39 Å². The molecule has 0 saturated carbocycles. The van der Waals surface area contributed by atoms with E-state index in [9.17, 15) is 4.39 Å². The van der Waals surface area contributed by atoms with Crippen LogP contribution in [0.4, 0.5) is 4.39 Å².